The SMILES string of the molecule is C=C[C@H](C)CO[C@H](CC#N)[C@H](O)CCO[Si](C)(C)C(C)(C)C. The van der Waals surface area contributed by atoms with Crippen LogP contribution in [0.3, 0.4) is 0 Å². The second kappa shape index (κ2) is 9.46. The molecular weight excluding hydrogens is 294 g/mol. The highest BCUT2D eigenvalue weighted by molar-refractivity contribution is 6.74. The minimum atomic E-state index is -1.80. The lowest BCUT2D eigenvalue weighted by Crippen LogP contribution is -2.42. The smallest absolute Gasteiger partial charge is 0.191 e. The van der Waals surface area contributed by atoms with Crippen LogP contribution in [-0.4, -0.2) is 38.8 Å². The Labute approximate surface area is 137 Å². The molecule has 0 aromatic carbocycles. The van der Waals surface area contributed by atoms with Crippen molar-refractivity contribution in [2.45, 2.75) is 70.9 Å². The maximum atomic E-state index is 10.3. The normalized spacial score (nSPS) is 16.6. The highest BCUT2D eigenvalue weighted by Gasteiger charge is 2.37. The van der Waals surface area contributed by atoms with Gasteiger partial charge in [-0.15, -0.1) is 6.58 Å². The Kier molecular flexibility index (Phi) is 9.17. The monoisotopic (exact) mass is 327 g/mol. The lowest BCUT2D eigenvalue weighted by atomic mass is 10.1. The molecule has 0 saturated carbocycles. The molecule has 0 unspecified atom stereocenters. The molecule has 0 aliphatic heterocycles. The summed E-state index contributed by atoms with van der Waals surface area (Å²) in [4.78, 5) is 0. The fourth-order valence-corrected chi connectivity index (χ4v) is 2.64. The van der Waals surface area contributed by atoms with Gasteiger partial charge in [0, 0.05) is 6.61 Å². The minimum Gasteiger partial charge on any atom is -0.417 e. The Bertz CT molecular complexity index is 371. The zero-order valence-corrected chi connectivity index (χ0v) is 16.1. The van der Waals surface area contributed by atoms with E-state index in [4.69, 9.17) is 14.4 Å². The van der Waals surface area contributed by atoms with Crippen LogP contribution in [0.5, 0.6) is 0 Å². The van der Waals surface area contributed by atoms with E-state index in [0.29, 0.717) is 19.6 Å². The lowest BCUT2D eigenvalue weighted by molar-refractivity contribution is -0.0479. The number of aliphatic hydroxyl groups excluding tert-OH is 1. The summed E-state index contributed by atoms with van der Waals surface area (Å²) in [6, 6.07) is 2.08. The Hall–Kier alpha value is -0.673. The first-order chi connectivity index (χ1) is 10.0. The summed E-state index contributed by atoms with van der Waals surface area (Å²) in [5.74, 6) is 0.205. The molecule has 0 aromatic heterocycles. The first-order valence-corrected chi connectivity index (χ1v) is 10.9. The van der Waals surface area contributed by atoms with E-state index in [9.17, 15) is 5.11 Å². The van der Waals surface area contributed by atoms with Gasteiger partial charge in [0.15, 0.2) is 8.32 Å². The molecule has 0 bridgehead atoms. The molecule has 128 valence electrons. The molecule has 0 spiro atoms. The second-order valence-electron chi connectivity index (χ2n) is 7.41. The fraction of sp³-hybridized carbons (Fsp3) is 0.824. The molecule has 22 heavy (non-hydrogen) atoms. The predicted octanol–water partition coefficient (Wildman–Crippen LogP) is 3.88. The number of ether oxygens (including phenoxy) is 1. The molecule has 0 amide bonds. The van der Waals surface area contributed by atoms with Crippen LogP contribution in [0.25, 0.3) is 0 Å². The number of hydrogen-bond donors (Lipinski definition) is 1. The quantitative estimate of drug-likeness (QED) is 0.488. The number of rotatable bonds is 10. The van der Waals surface area contributed by atoms with Gasteiger partial charge < -0.3 is 14.3 Å². The average molecular weight is 328 g/mol. The molecule has 0 rings (SSSR count). The van der Waals surface area contributed by atoms with Crippen molar-refractivity contribution in [2.75, 3.05) is 13.2 Å². The summed E-state index contributed by atoms with van der Waals surface area (Å²) in [5.41, 5.74) is 0. The average Bonchev–Trinajstić information content (AvgIpc) is 2.41. The molecule has 0 aromatic rings. The van der Waals surface area contributed by atoms with Crippen molar-refractivity contribution in [3.63, 3.8) is 0 Å². The van der Waals surface area contributed by atoms with E-state index in [1.807, 2.05) is 6.92 Å². The van der Waals surface area contributed by atoms with Gasteiger partial charge in [-0.3, -0.25) is 0 Å². The molecule has 0 aliphatic carbocycles. The molecule has 0 fully saturated rings. The van der Waals surface area contributed by atoms with Crippen LogP contribution >= 0.6 is 0 Å². The molecule has 0 heterocycles. The zero-order valence-electron chi connectivity index (χ0n) is 15.1. The van der Waals surface area contributed by atoms with Crippen LogP contribution in [0.1, 0.15) is 40.5 Å². The van der Waals surface area contributed by atoms with E-state index in [1.165, 1.54) is 0 Å². The number of hydrogen-bond acceptors (Lipinski definition) is 4. The van der Waals surface area contributed by atoms with Crippen LogP contribution in [-0.2, 0) is 9.16 Å². The van der Waals surface area contributed by atoms with E-state index < -0.39 is 20.5 Å². The second-order valence-corrected chi connectivity index (χ2v) is 12.2. The number of aliphatic hydroxyl groups is 1. The van der Waals surface area contributed by atoms with Crippen molar-refractivity contribution in [2.24, 2.45) is 5.92 Å². The van der Waals surface area contributed by atoms with E-state index in [2.05, 4.69) is 46.5 Å². The summed E-state index contributed by atoms with van der Waals surface area (Å²) in [5, 5.41) is 19.3. The summed E-state index contributed by atoms with van der Waals surface area (Å²) in [6.07, 6.45) is 1.33. The standard InChI is InChI=1S/C17H33NO3Si/c1-8-14(2)13-20-16(9-11-18)15(19)10-12-21-22(6,7)17(3,4)5/h8,14-16,19H,1,9-10,12-13H2,2-7H3/t14-,15+,16+/m0/s1. The van der Waals surface area contributed by atoms with Crippen LogP contribution in [0.2, 0.25) is 18.1 Å². The fourth-order valence-electron chi connectivity index (χ4n) is 1.58. The molecule has 0 radical (unpaired) electrons. The van der Waals surface area contributed by atoms with Gasteiger partial charge in [0.05, 0.1) is 31.3 Å². The van der Waals surface area contributed by atoms with Gasteiger partial charge in [-0.05, 0) is 30.5 Å². The summed E-state index contributed by atoms with van der Waals surface area (Å²) in [7, 11) is -1.80. The van der Waals surface area contributed by atoms with Gasteiger partial charge in [0.1, 0.15) is 0 Å². The van der Waals surface area contributed by atoms with E-state index in [-0.39, 0.29) is 17.4 Å². The Morgan fingerprint density at radius 1 is 1.36 bits per heavy atom. The molecule has 1 N–H and O–H groups in total. The van der Waals surface area contributed by atoms with Crippen LogP contribution < -0.4 is 0 Å². The minimum absolute atomic E-state index is 0.153. The van der Waals surface area contributed by atoms with Crippen molar-refractivity contribution in [3.8, 4) is 6.07 Å². The first kappa shape index (κ1) is 21.3. The molecule has 5 heteroatoms. The Morgan fingerprint density at radius 3 is 2.41 bits per heavy atom. The molecule has 4 nitrogen and oxygen atoms in total. The van der Waals surface area contributed by atoms with Crippen molar-refractivity contribution < 1.29 is 14.3 Å². The van der Waals surface area contributed by atoms with Crippen LogP contribution in [0.15, 0.2) is 12.7 Å². The van der Waals surface area contributed by atoms with Crippen molar-refractivity contribution in [3.05, 3.63) is 12.7 Å². The topological polar surface area (TPSA) is 62.5 Å². The Morgan fingerprint density at radius 2 is 1.95 bits per heavy atom. The van der Waals surface area contributed by atoms with Gasteiger partial charge in [-0.25, -0.2) is 0 Å². The number of nitriles is 1. The van der Waals surface area contributed by atoms with Crippen LogP contribution in [0, 0.1) is 17.2 Å². The maximum absolute atomic E-state index is 10.3. The zero-order chi connectivity index (χ0) is 17.4. The largest absolute Gasteiger partial charge is 0.417 e. The highest BCUT2D eigenvalue weighted by atomic mass is 28.4. The summed E-state index contributed by atoms with van der Waals surface area (Å²) >= 11 is 0. The van der Waals surface area contributed by atoms with Gasteiger partial charge in [-0.2, -0.15) is 5.26 Å². The number of nitrogens with zero attached hydrogens (tertiary/aromatic N) is 1. The third-order valence-electron chi connectivity index (χ3n) is 4.38. The van der Waals surface area contributed by atoms with Gasteiger partial charge in [0.25, 0.3) is 0 Å². The van der Waals surface area contributed by atoms with Crippen molar-refractivity contribution >= 4 is 8.32 Å². The predicted molar refractivity (Wildman–Crippen MR) is 93.1 cm³/mol. The maximum Gasteiger partial charge on any atom is 0.191 e. The van der Waals surface area contributed by atoms with E-state index in [1.54, 1.807) is 6.08 Å². The lowest BCUT2D eigenvalue weighted by Gasteiger charge is -2.36. The van der Waals surface area contributed by atoms with Crippen LogP contribution in [0.4, 0.5) is 0 Å². The molecule has 0 saturated heterocycles. The van der Waals surface area contributed by atoms with Gasteiger partial charge >= 0.3 is 0 Å². The van der Waals surface area contributed by atoms with Crippen molar-refractivity contribution in [1.29, 1.82) is 5.26 Å². The first-order valence-electron chi connectivity index (χ1n) is 7.98. The third-order valence-corrected chi connectivity index (χ3v) is 8.92. The van der Waals surface area contributed by atoms with Crippen molar-refractivity contribution in [1.82, 2.24) is 0 Å². The Balaban J connectivity index is 4.38. The highest BCUT2D eigenvalue weighted by Crippen LogP contribution is 2.36. The van der Waals surface area contributed by atoms with Gasteiger partial charge in [-0.1, -0.05) is 33.8 Å². The van der Waals surface area contributed by atoms with Gasteiger partial charge in [0.2, 0.25) is 0 Å². The molecular formula is C17H33NO3Si. The molecule has 3 atom stereocenters. The third kappa shape index (κ3) is 7.55. The summed E-state index contributed by atoms with van der Waals surface area (Å²) in [6.45, 7) is 17.6. The van der Waals surface area contributed by atoms with E-state index in [0.717, 1.165) is 0 Å². The van der Waals surface area contributed by atoms with E-state index >= 15 is 0 Å². The summed E-state index contributed by atoms with van der Waals surface area (Å²) < 4.78 is 11.7. The molecule has 0 aliphatic rings.